The molecule has 1 unspecified atom stereocenters. The third kappa shape index (κ3) is 2.54. The fraction of sp³-hybridized carbons (Fsp3) is 0.692. The summed E-state index contributed by atoms with van der Waals surface area (Å²) in [5.74, 6) is -1.19. The van der Waals surface area contributed by atoms with Crippen molar-refractivity contribution in [3.63, 3.8) is 0 Å². The van der Waals surface area contributed by atoms with E-state index in [0.29, 0.717) is 30.0 Å². The van der Waals surface area contributed by atoms with Crippen LogP contribution in [0.3, 0.4) is 0 Å². The topological polar surface area (TPSA) is 83.4 Å². The Morgan fingerprint density at radius 1 is 1.45 bits per heavy atom. The van der Waals surface area contributed by atoms with Crippen molar-refractivity contribution < 1.29 is 14.7 Å². The average Bonchev–Trinajstić information content (AvgIpc) is 2.87. The normalized spacial score (nSPS) is 22.8. The minimum atomic E-state index is -1.12. The molecule has 0 aliphatic carbocycles. The van der Waals surface area contributed by atoms with Crippen molar-refractivity contribution in [3.05, 3.63) is 10.6 Å². The van der Waals surface area contributed by atoms with E-state index in [1.165, 1.54) is 4.90 Å². The number of carbonyl (C=O) groups is 2. The number of carboxylic acid groups (broad SMARTS) is 1. The summed E-state index contributed by atoms with van der Waals surface area (Å²) in [7, 11) is 0. The predicted octanol–water partition coefficient (Wildman–Crippen LogP) is 1.96. The van der Waals surface area contributed by atoms with Crippen LogP contribution in [0.25, 0.3) is 0 Å². The highest BCUT2D eigenvalue weighted by Crippen LogP contribution is 2.31. The van der Waals surface area contributed by atoms with Crippen LogP contribution in [0.5, 0.6) is 0 Å². The number of carbonyl (C=O) groups excluding carboxylic acids is 1. The van der Waals surface area contributed by atoms with Crippen LogP contribution in [-0.2, 0) is 11.2 Å². The largest absolute Gasteiger partial charge is 0.480 e. The van der Waals surface area contributed by atoms with Gasteiger partial charge in [-0.25, -0.2) is 4.79 Å². The lowest BCUT2D eigenvalue weighted by molar-refractivity contribution is -0.150. The summed E-state index contributed by atoms with van der Waals surface area (Å²) in [6.07, 6.45) is 3.72. The zero-order chi connectivity index (χ0) is 14.8. The number of piperidine rings is 1. The Bertz CT molecular complexity index is 517. The molecule has 0 bridgehead atoms. The van der Waals surface area contributed by atoms with E-state index in [0.717, 1.165) is 30.8 Å². The summed E-state index contributed by atoms with van der Waals surface area (Å²) in [6, 6.07) is 0. The summed E-state index contributed by atoms with van der Waals surface area (Å²) in [4.78, 5) is 26.2. The van der Waals surface area contributed by atoms with Crippen molar-refractivity contribution in [1.29, 1.82) is 0 Å². The molecule has 0 aromatic carbocycles. The highest BCUT2D eigenvalue weighted by atomic mass is 32.1. The molecule has 1 aromatic heterocycles. The summed E-state index contributed by atoms with van der Waals surface area (Å²) in [5, 5.41) is 13.5. The number of aromatic nitrogens is 2. The van der Waals surface area contributed by atoms with Crippen LogP contribution >= 0.6 is 11.5 Å². The summed E-state index contributed by atoms with van der Waals surface area (Å²) >= 11 is 1.06. The molecule has 2 rings (SSSR count). The first-order chi connectivity index (χ1) is 9.50. The molecule has 1 atom stereocenters. The van der Waals surface area contributed by atoms with Crippen molar-refractivity contribution in [2.75, 3.05) is 6.54 Å². The van der Waals surface area contributed by atoms with Crippen LogP contribution in [0.4, 0.5) is 0 Å². The van der Waals surface area contributed by atoms with E-state index in [2.05, 4.69) is 9.59 Å². The van der Waals surface area contributed by atoms with Crippen molar-refractivity contribution in [2.24, 2.45) is 0 Å². The monoisotopic (exact) mass is 297 g/mol. The van der Waals surface area contributed by atoms with Gasteiger partial charge in [0.1, 0.15) is 10.4 Å². The van der Waals surface area contributed by atoms with Crippen molar-refractivity contribution >= 4 is 23.4 Å². The molecule has 20 heavy (non-hydrogen) atoms. The first kappa shape index (κ1) is 14.9. The quantitative estimate of drug-likeness (QED) is 0.918. The van der Waals surface area contributed by atoms with Gasteiger partial charge in [0.25, 0.3) is 5.91 Å². The summed E-state index contributed by atoms with van der Waals surface area (Å²) in [5.41, 5.74) is -0.441. The number of hydrogen-bond donors (Lipinski definition) is 1. The summed E-state index contributed by atoms with van der Waals surface area (Å²) < 4.78 is 3.85. The second-order valence-electron chi connectivity index (χ2n) is 5.29. The van der Waals surface area contributed by atoms with Crippen LogP contribution in [0.1, 0.15) is 54.9 Å². The Morgan fingerprint density at radius 2 is 2.20 bits per heavy atom. The molecule has 1 aromatic rings. The minimum absolute atomic E-state index is 0.243. The highest BCUT2D eigenvalue weighted by Gasteiger charge is 2.44. The van der Waals surface area contributed by atoms with Gasteiger partial charge in [0.05, 0.1) is 5.69 Å². The van der Waals surface area contributed by atoms with Crippen molar-refractivity contribution in [3.8, 4) is 0 Å². The second-order valence-corrected chi connectivity index (χ2v) is 6.05. The number of likely N-dealkylation sites (tertiary alicyclic amines) is 1. The number of carboxylic acids is 1. The van der Waals surface area contributed by atoms with E-state index in [1.54, 1.807) is 6.92 Å². The van der Waals surface area contributed by atoms with Crippen LogP contribution in [0, 0.1) is 0 Å². The van der Waals surface area contributed by atoms with Gasteiger partial charge in [-0.3, -0.25) is 4.79 Å². The van der Waals surface area contributed by atoms with E-state index in [1.807, 2.05) is 6.92 Å². The van der Waals surface area contributed by atoms with Gasteiger partial charge >= 0.3 is 5.97 Å². The minimum Gasteiger partial charge on any atom is -0.480 e. The van der Waals surface area contributed by atoms with Crippen molar-refractivity contribution in [1.82, 2.24) is 14.5 Å². The lowest BCUT2D eigenvalue weighted by Gasteiger charge is -2.41. The molecule has 1 aliphatic rings. The fourth-order valence-corrected chi connectivity index (χ4v) is 3.22. The van der Waals surface area contributed by atoms with Crippen LogP contribution in [0.15, 0.2) is 0 Å². The van der Waals surface area contributed by atoms with Gasteiger partial charge < -0.3 is 10.0 Å². The van der Waals surface area contributed by atoms with Crippen LogP contribution < -0.4 is 0 Å². The Balaban J connectivity index is 2.30. The maximum atomic E-state index is 12.7. The van der Waals surface area contributed by atoms with E-state index in [4.69, 9.17) is 0 Å². The Labute approximate surface area is 122 Å². The van der Waals surface area contributed by atoms with Gasteiger partial charge in [0.2, 0.25) is 0 Å². The molecular formula is C13H19N3O3S. The third-order valence-electron chi connectivity index (χ3n) is 3.83. The molecule has 2 heterocycles. The van der Waals surface area contributed by atoms with Gasteiger partial charge in [-0.15, -0.1) is 5.10 Å². The maximum absolute atomic E-state index is 12.7. The second kappa shape index (κ2) is 5.87. The molecule has 1 aliphatic heterocycles. The predicted molar refractivity (Wildman–Crippen MR) is 74.8 cm³/mol. The molecule has 0 spiro atoms. The molecule has 0 saturated carbocycles. The molecule has 1 saturated heterocycles. The van der Waals surface area contributed by atoms with Gasteiger partial charge in [0, 0.05) is 6.54 Å². The Hall–Kier alpha value is -1.50. The molecule has 1 fully saturated rings. The molecule has 7 heteroatoms. The smallest absolute Gasteiger partial charge is 0.329 e. The standard InChI is InChI=1S/C13H19N3O3S/c1-3-6-9-10(20-15-14-9)11(17)16-8-5-4-7-13(16,2)12(18)19/h3-8H2,1-2H3,(H,18,19). The Kier molecular flexibility index (Phi) is 4.37. The molecular weight excluding hydrogens is 278 g/mol. The number of hydrogen-bond acceptors (Lipinski definition) is 5. The number of nitrogens with zero attached hydrogens (tertiary/aromatic N) is 3. The van der Waals surface area contributed by atoms with E-state index in [9.17, 15) is 14.7 Å². The van der Waals surface area contributed by atoms with Crippen LogP contribution in [0.2, 0.25) is 0 Å². The highest BCUT2D eigenvalue weighted by molar-refractivity contribution is 7.08. The molecule has 6 nitrogen and oxygen atoms in total. The zero-order valence-corrected chi connectivity index (χ0v) is 12.6. The van der Waals surface area contributed by atoms with E-state index in [-0.39, 0.29) is 5.91 Å². The molecule has 0 radical (unpaired) electrons. The Morgan fingerprint density at radius 3 is 2.85 bits per heavy atom. The molecule has 1 N–H and O–H groups in total. The first-order valence-corrected chi connectivity index (χ1v) is 7.64. The lowest BCUT2D eigenvalue weighted by atomic mass is 9.88. The zero-order valence-electron chi connectivity index (χ0n) is 11.8. The van der Waals surface area contributed by atoms with Gasteiger partial charge in [-0.1, -0.05) is 17.8 Å². The van der Waals surface area contributed by atoms with Gasteiger partial charge in [0.15, 0.2) is 0 Å². The average molecular weight is 297 g/mol. The maximum Gasteiger partial charge on any atom is 0.329 e. The number of aliphatic carboxylic acids is 1. The van der Waals surface area contributed by atoms with E-state index < -0.39 is 11.5 Å². The first-order valence-electron chi connectivity index (χ1n) is 6.87. The summed E-state index contributed by atoms with van der Waals surface area (Å²) in [6.45, 7) is 4.11. The number of rotatable bonds is 4. The lowest BCUT2D eigenvalue weighted by Crippen LogP contribution is -2.57. The van der Waals surface area contributed by atoms with Crippen LogP contribution in [-0.4, -0.2) is 43.6 Å². The fourth-order valence-electron chi connectivity index (χ4n) is 2.56. The number of amides is 1. The van der Waals surface area contributed by atoms with Crippen molar-refractivity contribution in [2.45, 2.75) is 51.5 Å². The van der Waals surface area contributed by atoms with Gasteiger partial charge in [-0.05, 0) is 44.1 Å². The van der Waals surface area contributed by atoms with Gasteiger partial charge in [-0.2, -0.15) is 0 Å². The molecule has 1 amide bonds. The number of aryl methyl sites for hydroxylation is 1. The third-order valence-corrected chi connectivity index (χ3v) is 4.59. The van der Waals surface area contributed by atoms with E-state index >= 15 is 0 Å². The SMILES string of the molecule is CCCc1nnsc1C(=O)N1CCCCC1(C)C(=O)O. The molecule has 110 valence electrons.